The fourth-order valence-corrected chi connectivity index (χ4v) is 4.03. The topological polar surface area (TPSA) is 59.8 Å². The van der Waals surface area contributed by atoms with Crippen molar-refractivity contribution < 1.29 is 9.18 Å². The van der Waals surface area contributed by atoms with Crippen LogP contribution < -0.4 is 5.32 Å². The number of carbonyl (C=O) groups is 1. The Hall–Kier alpha value is -3.45. The van der Waals surface area contributed by atoms with Crippen molar-refractivity contribution in [1.82, 2.24) is 14.8 Å². The molecule has 5 nitrogen and oxygen atoms in total. The maximum absolute atomic E-state index is 14.9. The molecular weight excluding hydrogens is 411 g/mol. The first-order valence-corrected chi connectivity index (χ1v) is 10.7. The first-order chi connectivity index (χ1) is 15.1. The van der Waals surface area contributed by atoms with Crippen LogP contribution in [0.4, 0.5) is 10.1 Å². The average molecular weight is 433 g/mol. The summed E-state index contributed by atoms with van der Waals surface area (Å²) in [4.78, 5) is 12.4. The van der Waals surface area contributed by atoms with E-state index in [-0.39, 0.29) is 6.04 Å². The van der Waals surface area contributed by atoms with Crippen molar-refractivity contribution in [3.63, 3.8) is 0 Å². The number of anilines is 1. The van der Waals surface area contributed by atoms with Gasteiger partial charge in [0.05, 0.1) is 6.04 Å². The lowest BCUT2D eigenvalue weighted by Gasteiger charge is -2.19. The van der Waals surface area contributed by atoms with Crippen molar-refractivity contribution in [2.45, 2.75) is 23.6 Å². The minimum Gasteiger partial charge on any atom is -0.323 e. The van der Waals surface area contributed by atoms with E-state index in [9.17, 15) is 9.18 Å². The molecule has 0 aliphatic rings. The van der Waals surface area contributed by atoms with Crippen molar-refractivity contribution in [3.05, 3.63) is 96.6 Å². The molecule has 0 radical (unpaired) electrons. The van der Waals surface area contributed by atoms with Crippen LogP contribution in [0.5, 0.6) is 0 Å². The molecule has 156 valence electrons. The quantitative estimate of drug-likeness (QED) is 0.387. The molecule has 0 bridgehead atoms. The van der Waals surface area contributed by atoms with Crippen molar-refractivity contribution in [1.29, 1.82) is 0 Å². The first kappa shape index (κ1) is 20.8. The zero-order valence-electron chi connectivity index (χ0n) is 16.9. The zero-order chi connectivity index (χ0) is 21.6. The van der Waals surface area contributed by atoms with E-state index in [2.05, 4.69) is 15.5 Å². The summed E-state index contributed by atoms with van der Waals surface area (Å²) >= 11 is 0.747. The predicted molar refractivity (Wildman–Crippen MR) is 122 cm³/mol. The molecule has 0 fully saturated rings. The van der Waals surface area contributed by atoms with E-state index in [1.165, 1.54) is 0 Å². The molecule has 0 aliphatic carbocycles. The summed E-state index contributed by atoms with van der Waals surface area (Å²) in [6, 6.07) is 28.1. The lowest BCUT2D eigenvalue weighted by molar-refractivity contribution is -0.118. The third-order valence-electron chi connectivity index (χ3n) is 4.82. The van der Waals surface area contributed by atoms with Crippen LogP contribution in [-0.2, 0) is 4.79 Å². The molecule has 4 aromatic rings. The Morgan fingerprint density at radius 1 is 0.903 bits per heavy atom. The Balaban J connectivity index is 1.64. The van der Waals surface area contributed by atoms with E-state index >= 15 is 0 Å². The fraction of sp³-hybridized carbons (Fsp3) is 0.125. The Kier molecular flexibility index (Phi) is 6.43. The Morgan fingerprint density at radius 2 is 1.48 bits per heavy atom. The Morgan fingerprint density at radius 3 is 2.13 bits per heavy atom. The zero-order valence-corrected chi connectivity index (χ0v) is 17.7. The molecule has 0 aliphatic heterocycles. The number of alkyl halides is 1. The van der Waals surface area contributed by atoms with Gasteiger partial charge < -0.3 is 5.32 Å². The smallest absolute Gasteiger partial charge is 0.269 e. The van der Waals surface area contributed by atoms with Gasteiger partial charge in [-0.25, -0.2) is 4.39 Å². The highest BCUT2D eigenvalue weighted by atomic mass is 32.2. The van der Waals surface area contributed by atoms with Gasteiger partial charge in [0.2, 0.25) is 5.50 Å². The summed E-state index contributed by atoms with van der Waals surface area (Å²) in [5, 5.41) is 11.5. The molecular formula is C24H21FN4OS. The molecule has 0 spiro atoms. The average Bonchev–Trinajstić information content (AvgIpc) is 3.23. The van der Waals surface area contributed by atoms with Crippen LogP contribution in [0, 0.1) is 0 Å². The SMILES string of the molecule is CC(c1ccccc1)n1c(SC(F)C(=O)Nc2ccccc2)nnc1-c1ccccc1. The van der Waals surface area contributed by atoms with Gasteiger partial charge in [0, 0.05) is 11.3 Å². The Bertz CT molecular complexity index is 1140. The highest BCUT2D eigenvalue weighted by Crippen LogP contribution is 2.33. The molecule has 2 unspecified atom stereocenters. The number of nitrogens with one attached hydrogen (secondary N) is 1. The lowest BCUT2D eigenvalue weighted by atomic mass is 10.1. The van der Waals surface area contributed by atoms with E-state index in [1.54, 1.807) is 24.3 Å². The minimum absolute atomic E-state index is 0.154. The van der Waals surface area contributed by atoms with Gasteiger partial charge in [-0.3, -0.25) is 9.36 Å². The minimum atomic E-state index is -1.84. The normalized spacial score (nSPS) is 12.8. The molecule has 0 saturated carbocycles. The van der Waals surface area contributed by atoms with Crippen molar-refractivity contribution in [2.24, 2.45) is 0 Å². The number of benzene rings is 3. The maximum Gasteiger partial charge on any atom is 0.269 e. The van der Waals surface area contributed by atoms with Crippen LogP contribution in [0.3, 0.4) is 0 Å². The fourth-order valence-electron chi connectivity index (χ4n) is 3.24. The second kappa shape index (κ2) is 9.57. The number of nitrogens with zero attached hydrogens (tertiary/aromatic N) is 3. The van der Waals surface area contributed by atoms with Gasteiger partial charge in [0.1, 0.15) is 0 Å². The molecule has 2 atom stereocenters. The summed E-state index contributed by atoms with van der Waals surface area (Å²) in [6.07, 6.45) is 0. The standard InChI is InChI=1S/C24H21FN4OS/c1-17(18-11-5-2-6-12-18)29-22(19-13-7-3-8-14-19)27-28-24(29)31-21(25)23(30)26-20-15-9-4-10-16-20/h2-17,21H,1H3,(H,26,30). The van der Waals surface area contributed by atoms with Crippen LogP contribution in [0.25, 0.3) is 11.4 Å². The number of para-hydroxylation sites is 1. The number of halogens is 1. The van der Waals surface area contributed by atoms with Gasteiger partial charge in [-0.05, 0) is 36.4 Å². The van der Waals surface area contributed by atoms with E-state index in [4.69, 9.17) is 0 Å². The van der Waals surface area contributed by atoms with E-state index < -0.39 is 11.4 Å². The van der Waals surface area contributed by atoms with Gasteiger partial charge in [0.15, 0.2) is 11.0 Å². The summed E-state index contributed by atoms with van der Waals surface area (Å²) < 4.78 is 16.8. The third-order valence-corrected chi connectivity index (χ3v) is 5.73. The molecule has 31 heavy (non-hydrogen) atoms. The molecule has 1 aromatic heterocycles. The molecule has 7 heteroatoms. The Labute approximate surface area is 184 Å². The van der Waals surface area contributed by atoms with Crippen LogP contribution in [0.2, 0.25) is 0 Å². The highest BCUT2D eigenvalue weighted by Gasteiger charge is 2.26. The maximum atomic E-state index is 14.9. The molecule has 1 N–H and O–H groups in total. The number of thioether (sulfide) groups is 1. The van der Waals surface area contributed by atoms with Gasteiger partial charge in [0.25, 0.3) is 5.91 Å². The van der Waals surface area contributed by atoms with E-state index in [1.807, 2.05) is 78.2 Å². The lowest BCUT2D eigenvalue weighted by Crippen LogP contribution is -2.22. The number of amides is 1. The number of hydrogen-bond acceptors (Lipinski definition) is 4. The molecule has 0 saturated heterocycles. The van der Waals surface area contributed by atoms with Crippen molar-refractivity contribution in [2.75, 3.05) is 5.32 Å². The molecule has 3 aromatic carbocycles. The van der Waals surface area contributed by atoms with E-state index in [0.29, 0.717) is 16.7 Å². The van der Waals surface area contributed by atoms with Gasteiger partial charge in [-0.15, -0.1) is 10.2 Å². The second-order valence-corrected chi connectivity index (χ2v) is 7.93. The van der Waals surface area contributed by atoms with Crippen molar-refractivity contribution in [3.8, 4) is 11.4 Å². The first-order valence-electron chi connectivity index (χ1n) is 9.85. The van der Waals surface area contributed by atoms with Gasteiger partial charge in [-0.2, -0.15) is 0 Å². The molecule has 1 heterocycles. The number of rotatable bonds is 7. The summed E-state index contributed by atoms with van der Waals surface area (Å²) in [7, 11) is 0. The predicted octanol–water partition coefficient (Wildman–Crippen LogP) is 5.58. The van der Waals surface area contributed by atoms with Crippen LogP contribution >= 0.6 is 11.8 Å². The van der Waals surface area contributed by atoms with Crippen LogP contribution in [-0.4, -0.2) is 26.2 Å². The van der Waals surface area contributed by atoms with Crippen LogP contribution in [0.15, 0.2) is 96.2 Å². The van der Waals surface area contributed by atoms with Gasteiger partial charge >= 0.3 is 0 Å². The number of carbonyl (C=O) groups excluding carboxylic acids is 1. The van der Waals surface area contributed by atoms with Crippen LogP contribution in [0.1, 0.15) is 18.5 Å². The molecule has 1 amide bonds. The third kappa shape index (κ3) is 4.83. The molecule has 4 rings (SSSR count). The summed E-state index contributed by atoms with van der Waals surface area (Å²) in [5.41, 5.74) is 0.605. The number of hydrogen-bond donors (Lipinski definition) is 1. The second-order valence-electron chi connectivity index (χ2n) is 6.92. The highest BCUT2D eigenvalue weighted by molar-refractivity contribution is 8.00. The summed E-state index contributed by atoms with van der Waals surface area (Å²) in [6.45, 7) is 2.01. The van der Waals surface area contributed by atoms with E-state index in [0.717, 1.165) is 22.9 Å². The number of aromatic nitrogens is 3. The summed E-state index contributed by atoms with van der Waals surface area (Å²) in [5.74, 6) is -0.116. The van der Waals surface area contributed by atoms with Gasteiger partial charge in [-0.1, -0.05) is 78.9 Å². The monoisotopic (exact) mass is 432 g/mol. The largest absolute Gasteiger partial charge is 0.323 e. The van der Waals surface area contributed by atoms with Crippen molar-refractivity contribution >= 4 is 23.4 Å².